The lowest BCUT2D eigenvalue weighted by Gasteiger charge is -2.03. The van der Waals surface area contributed by atoms with Crippen molar-refractivity contribution in [2.75, 3.05) is 20.3 Å². The monoisotopic (exact) mass is 652 g/mol. The van der Waals surface area contributed by atoms with Gasteiger partial charge in [0, 0.05) is 6.20 Å². The van der Waals surface area contributed by atoms with Gasteiger partial charge in [-0.15, -0.1) is 0 Å². The van der Waals surface area contributed by atoms with Gasteiger partial charge in [0.2, 0.25) is 0 Å². The highest BCUT2D eigenvalue weighted by molar-refractivity contribution is 14.1. The van der Waals surface area contributed by atoms with E-state index in [-0.39, 0.29) is 11.9 Å². The van der Waals surface area contributed by atoms with Gasteiger partial charge in [-0.05, 0) is 76.7 Å². The standard InChI is InChI=1S/C14H15IN2O3.C6H7IN2O2/c1-3-20-14(18)13-12(15)9-17(16-13)8-10-4-6-11(19-2)7-5-10;1-2-11-6(10)5-4(7)3-8-9-5/h4-7,9H,3,8H2,1-2H3;3H,2H2,1H3,(H,8,9). The second-order valence-corrected chi connectivity index (χ2v) is 8.23. The minimum absolute atomic E-state index is 0.347. The smallest absolute Gasteiger partial charge is 0.359 e. The van der Waals surface area contributed by atoms with Gasteiger partial charge in [-0.25, -0.2) is 9.59 Å². The highest BCUT2D eigenvalue weighted by Gasteiger charge is 2.16. The van der Waals surface area contributed by atoms with E-state index >= 15 is 0 Å². The number of halogens is 2. The van der Waals surface area contributed by atoms with E-state index in [0.717, 1.165) is 18.5 Å². The normalized spacial score (nSPS) is 10.1. The van der Waals surface area contributed by atoms with Crippen molar-refractivity contribution in [3.63, 3.8) is 0 Å². The van der Waals surface area contributed by atoms with E-state index in [9.17, 15) is 9.59 Å². The second-order valence-electron chi connectivity index (χ2n) is 5.91. The molecule has 0 aliphatic heterocycles. The van der Waals surface area contributed by atoms with E-state index in [1.54, 1.807) is 31.8 Å². The predicted molar refractivity (Wildman–Crippen MR) is 130 cm³/mol. The molecule has 0 unspecified atom stereocenters. The number of methoxy groups -OCH3 is 1. The van der Waals surface area contributed by atoms with Crippen molar-refractivity contribution in [2.24, 2.45) is 0 Å². The van der Waals surface area contributed by atoms with Crippen LogP contribution in [0.5, 0.6) is 5.75 Å². The van der Waals surface area contributed by atoms with Crippen molar-refractivity contribution in [1.29, 1.82) is 0 Å². The SMILES string of the molecule is CCOC(=O)c1[nH]ncc1I.CCOC(=O)c1nn(Cc2ccc(OC)cc2)cc1I. The Kier molecular flexibility index (Phi) is 10.2. The van der Waals surface area contributed by atoms with Gasteiger partial charge in [0.1, 0.15) is 5.75 Å². The first-order valence-electron chi connectivity index (χ1n) is 9.28. The zero-order chi connectivity index (χ0) is 22.8. The van der Waals surface area contributed by atoms with E-state index in [1.165, 1.54) is 0 Å². The molecule has 0 spiro atoms. The highest BCUT2D eigenvalue weighted by atomic mass is 127. The maximum atomic E-state index is 11.7. The number of nitrogens with one attached hydrogen (secondary N) is 1. The fraction of sp³-hybridized carbons (Fsp3) is 0.300. The van der Waals surface area contributed by atoms with Crippen LogP contribution in [0.25, 0.3) is 0 Å². The molecule has 0 aliphatic carbocycles. The molecule has 0 fully saturated rings. The van der Waals surface area contributed by atoms with Crippen LogP contribution in [0.1, 0.15) is 40.4 Å². The number of benzene rings is 1. The van der Waals surface area contributed by atoms with Crippen molar-refractivity contribution in [3.8, 4) is 5.75 Å². The summed E-state index contributed by atoms with van der Waals surface area (Å²) in [6.07, 6.45) is 3.41. The number of H-pyrrole nitrogens is 1. The van der Waals surface area contributed by atoms with Gasteiger partial charge in [-0.1, -0.05) is 12.1 Å². The van der Waals surface area contributed by atoms with Crippen LogP contribution in [-0.2, 0) is 16.0 Å². The van der Waals surface area contributed by atoms with E-state index in [4.69, 9.17) is 14.2 Å². The number of ether oxygens (including phenoxy) is 3. The van der Waals surface area contributed by atoms with Gasteiger partial charge in [0.05, 0.1) is 40.2 Å². The summed E-state index contributed by atoms with van der Waals surface area (Å²) in [5.74, 6) is 0.0794. The molecule has 3 aromatic rings. The van der Waals surface area contributed by atoms with Crippen LogP contribution in [0.3, 0.4) is 0 Å². The molecule has 1 aromatic carbocycles. The number of carbonyl (C=O) groups excluding carboxylic acids is 2. The molecule has 0 radical (unpaired) electrons. The number of nitrogens with zero attached hydrogens (tertiary/aromatic N) is 3. The Hall–Kier alpha value is -2.16. The molecule has 3 rings (SSSR count). The van der Waals surface area contributed by atoms with Crippen LogP contribution in [-0.4, -0.2) is 52.2 Å². The molecule has 1 N–H and O–H groups in total. The molecule has 0 saturated heterocycles. The number of hydrogen-bond acceptors (Lipinski definition) is 7. The van der Waals surface area contributed by atoms with Gasteiger partial charge in [0.25, 0.3) is 0 Å². The minimum atomic E-state index is -0.384. The van der Waals surface area contributed by atoms with Crippen LogP contribution in [0, 0.1) is 7.14 Å². The van der Waals surface area contributed by atoms with Crippen LogP contribution in [0.15, 0.2) is 36.7 Å². The number of hydrogen-bond donors (Lipinski definition) is 1. The number of aromatic nitrogens is 4. The molecule has 0 amide bonds. The Balaban J connectivity index is 0.000000262. The number of carbonyl (C=O) groups is 2. The number of aromatic amines is 1. The summed E-state index contributed by atoms with van der Waals surface area (Å²) in [6.45, 7) is 4.87. The summed E-state index contributed by atoms with van der Waals surface area (Å²) in [6, 6.07) is 7.74. The minimum Gasteiger partial charge on any atom is -0.497 e. The van der Waals surface area contributed by atoms with Gasteiger partial charge >= 0.3 is 11.9 Å². The number of rotatable bonds is 7. The first-order chi connectivity index (χ1) is 14.9. The first-order valence-corrected chi connectivity index (χ1v) is 11.4. The molecule has 31 heavy (non-hydrogen) atoms. The molecule has 2 aromatic heterocycles. The summed E-state index contributed by atoms with van der Waals surface area (Å²) in [5, 5.41) is 10.5. The predicted octanol–water partition coefficient (Wildman–Crippen LogP) is 3.91. The molecular weight excluding hydrogens is 630 g/mol. The van der Waals surface area contributed by atoms with Gasteiger partial charge < -0.3 is 14.2 Å². The Labute approximate surface area is 207 Å². The van der Waals surface area contributed by atoms with Crippen molar-refractivity contribution in [2.45, 2.75) is 20.4 Å². The van der Waals surface area contributed by atoms with E-state index in [2.05, 4.69) is 37.9 Å². The van der Waals surface area contributed by atoms with Crippen molar-refractivity contribution in [1.82, 2.24) is 20.0 Å². The summed E-state index contributed by atoms with van der Waals surface area (Å²) in [4.78, 5) is 22.7. The zero-order valence-electron chi connectivity index (χ0n) is 17.2. The second kappa shape index (κ2) is 12.6. The highest BCUT2D eigenvalue weighted by Crippen LogP contribution is 2.15. The Morgan fingerprint density at radius 2 is 1.68 bits per heavy atom. The quantitative estimate of drug-likeness (QED) is 0.305. The average molecular weight is 652 g/mol. The van der Waals surface area contributed by atoms with Gasteiger partial charge in [-0.3, -0.25) is 9.78 Å². The third-order valence-corrected chi connectivity index (χ3v) is 5.37. The maximum absolute atomic E-state index is 11.7. The van der Waals surface area contributed by atoms with Gasteiger partial charge in [-0.2, -0.15) is 10.2 Å². The first kappa shape index (κ1) is 25.1. The van der Waals surface area contributed by atoms with Crippen LogP contribution >= 0.6 is 45.2 Å². The summed E-state index contributed by atoms with van der Waals surface area (Å²) in [5.41, 5.74) is 1.87. The van der Waals surface area contributed by atoms with E-state index in [0.29, 0.717) is 31.1 Å². The molecule has 166 valence electrons. The zero-order valence-corrected chi connectivity index (χ0v) is 21.5. The molecule has 9 nitrogen and oxygen atoms in total. The van der Waals surface area contributed by atoms with E-state index < -0.39 is 0 Å². The lowest BCUT2D eigenvalue weighted by atomic mass is 10.2. The third-order valence-electron chi connectivity index (χ3n) is 3.76. The topological polar surface area (TPSA) is 108 Å². The van der Waals surface area contributed by atoms with Gasteiger partial charge in [0.15, 0.2) is 11.4 Å². The Morgan fingerprint density at radius 1 is 1.03 bits per heavy atom. The lowest BCUT2D eigenvalue weighted by Crippen LogP contribution is -2.08. The van der Waals surface area contributed by atoms with Crippen LogP contribution in [0.2, 0.25) is 0 Å². The molecule has 0 saturated carbocycles. The Bertz CT molecular complexity index is 1000. The lowest BCUT2D eigenvalue weighted by molar-refractivity contribution is 0.0508. The molecular formula is C20H22I2N4O5. The Morgan fingerprint density at radius 3 is 2.23 bits per heavy atom. The summed E-state index contributed by atoms with van der Waals surface area (Å²) < 4.78 is 18.1. The van der Waals surface area contributed by atoms with Crippen molar-refractivity contribution in [3.05, 3.63) is 60.8 Å². The fourth-order valence-corrected chi connectivity index (χ4v) is 3.48. The average Bonchev–Trinajstić information content (AvgIpc) is 3.34. The maximum Gasteiger partial charge on any atom is 0.359 e. The molecule has 0 aliphatic rings. The molecule has 0 atom stereocenters. The van der Waals surface area contributed by atoms with Crippen LogP contribution < -0.4 is 4.74 Å². The van der Waals surface area contributed by atoms with E-state index in [1.807, 2.05) is 53.1 Å². The number of esters is 2. The summed E-state index contributed by atoms with van der Waals surface area (Å²) >= 11 is 4.10. The largest absolute Gasteiger partial charge is 0.497 e. The molecule has 11 heteroatoms. The van der Waals surface area contributed by atoms with Crippen LogP contribution in [0.4, 0.5) is 0 Å². The molecule has 0 bridgehead atoms. The van der Waals surface area contributed by atoms with Crippen molar-refractivity contribution < 1.29 is 23.8 Å². The molecule has 2 heterocycles. The summed E-state index contributed by atoms with van der Waals surface area (Å²) in [7, 11) is 1.64. The third kappa shape index (κ3) is 7.48. The fourth-order valence-electron chi connectivity index (χ4n) is 2.35. The van der Waals surface area contributed by atoms with Crippen molar-refractivity contribution >= 4 is 57.1 Å².